The van der Waals surface area contributed by atoms with Gasteiger partial charge in [0.15, 0.2) is 0 Å². The first-order valence-electron chi connectivity index (χ1n) is 6.26. The van der Waals surface area contributed by atoms with Crippen LogP contribution < -0.4 is 15.8 Å². The van der Waals surface area contributed by atoms with Gasteiger partial charge in [-0.25, -0.2) is 0 Å². The quantitative estimate of drug-likeness (QED) is 0.859. The fourth-order valence-electron chi connectivity index (χ4n) is 1.54. The third-order valence-corrected chi connectivity index (χ3v) is 4.34. The molecule has 6 heteroatoms. The molecule has 2 aromatic heterocycles. The van der Waals surface area contributed by atoms with Gasteiger partial charge in [0.25, 0.3) is 0 Å². The van der Waals surface area contributed by atoms with Crippen molar-refractivity contribution in [3.05, 3.63) is 32.9 Å². The average molecular weight is 356 g/mol. The van der Waals surface area contributed by atoms with Gasteiger partial charge in [0.2, 0.25) is 5.88 Å². The minimum Gasteiger partial charge on any atom is -0.470 e. The molecule has 2 rings (SSSR count). The molecule has 0 atom stereocenters. The van der Waals surface area contributed by atoms with Gasteiger partial charge < -0.3 is 15.8 Å². The first-order chi connectivity index (χ1) is 9.35. The lowest BCUT2D eigenvalue weighted by atomic mass is 10.2. The molecule has 0 spiro atoms. The van der Waals surface area contributed by atoms with Gasteiger partial charge >= 0.3 is 0 Å². The number of ether oxygens (including phenoxy) is 1. The van der Waals surface area contributed by atoms with Crippen LogP contribution in [-0.2, 0) is 6.54 Å². The summed E-state index contributed by atoms with van der Waals surface area (Å²) in [6.45, 7) is 6.62. The third-order valence-electron chi connectivity index (χ3n) is 2.41. The van der Waals surface area contributed by atoms with Gasteiger partial charge in [0.05, 0.1) is 12.2 Å². The van der Waals surface area contributed by atoms with Gasteiger partial charge in [-0.2, -0.15) is 4.98 Å². The van der Waals surface area contributed by atoms with Gasteiger partial charge in [-0.15, -0.1) is 11.3 Å². The number of nitrogens with one attached hydrogen (secondary N) is 1. The number of hydrogen-bond donors (Lipinski definition) is 2. The van der Waals surface area contributed by atoms with E-state index in [4.69, 9.17) is 10.5 Å². The second kappa shape index (κ2) is 6.01. The van der Waals surface area contributed by atoms with E-state index in [1.54, 1.807) is 17.4 Å². The zero-order chi connectivity index (χ0) is 14.8. The van der Waals surface area contributed by atoms with Crippen molar-refractivity contribution in [3.8, 4) is 5.88 Å². The topological polar surface area (TPSA) is 60.2 Å². The summed E-state index contributed by atoms with van der Waals surface area (Å²) in [4.78, 5) is 5.64. The van der Waals surface area contributed by atoms with E-state index in [1.807, 2.05) is 38.3 Å². The van der Waals surface area contributed by atoms with Crippen molar-refractivity contribution in [2.24, 2.45) is 0 Å². The van der Waals surface area contributed by atoms with E-state index in [9.17, 15) is 0 Å². The minimum atomic E-state index is -0.323. The molecule has 0 radical (unpaired) electrons. The Morgan fingerprint density at radius 2 is 2.10 bits per heavy atom. The number of halogens is 1. The van der Waals surface area contributed by atoms with Crippen LogP contribution in [0.3, 0.4) is 0 Å². The van der Waals surface area contributed by atoms with Crippen LogP contribution in [0.2, 0.25) is 0 Å². The largest absolute Gasteiger partial charge is 0.470 e. The van der Waals surface area contributed by atoms with E-state index in [2.05, 4.69) is 26.2 Å². The number of anilines is 2. The Kier molecular flexibility index (Phi) is 4.55. The second-order valence-electron chi connectivity index (χ2n) is 5.35. The predicted molar refractivity (Wildman–Crippen MR) is 88.4 cm³/mol. The van der Waals surface area contributed by atoms with Crippen LogP contribution in [-0.4, -0.2) is 10.6 Å². The van der Waals surface area contributed by atoms with Crippen molar-refractivity contribution in [2.45, 2.75) is 32.9 Å². The van der Waals surface area contributed by atoms with E-state index in [0.29, 0.717) is 18.1 Å². The van der Waals surface area contributed by atoms with E-state index in [0.717, 1.165) is 10.3 Å². The van der Waals surface area contributed by atoms with E-state index in [1.165, 1.54) is 4.88 Å². The van der Waals surface area contributed by atoms with Crippen molar-refractivity contribution >= 4 is 38.8 Å². The van der Waals surface area contributed by atoms with Crippen molar-refractivity contribution in [3.63, 3.8) is 0 Å². The number of aromatic nitrogens is 1. The molecule has 0 aliphatic carbocycles. The fraction of sp³-hybridized carbons (Fsp3) is 0.357. The summed E-state index contributed by atoms with van der Waals surface area (Å²) in [7, 11) is 0. The van der Waals surface area contributed by atoms with Crippen molar-refractivity contribution in [2.75, 3.05) is 11.1 Å². The molecule has 0 fully saturated rings. The normalized spacial score (nSPS) is 11.4. The summed E-state index contributed by atoms with van der Waals surface area (Å²) in [6.07, 6.45) is 0. The van der Waals surface area contributed by atoms with E-state index < -0.39 is 0 Å². The third kappa shape index (κ3) is 4.11. The van der Waals surface area contributed by atoms with Crippen molar-refractivity contribution in [1.29, 1.82) is 0 Å². The van der Waals surface area contributed by atoms with Crippen LogP contribution in [0.4, 0.5) is 11.5 Å². The van der Waals surface area contributed by atoms with Gasteiger partial charge in [-0.05, 0) is 60.3 Å². The number of nitrogens with two attached hydrogens (primary N) is 1. The van der Waals surface area contributed by atoms with Crippen LogP contribution in [0.15, 0.2) is 28.1 Å². The summed E-state index contributed by atoms with van der Waals surface area (Å²) in [5.74, 6) is 1.21. The number of pyridine rings is 1. The van der Waals surface area contributed by atoms with Crippen LogP contribution in [0, 0.1) is 0 Å². The van der Waals surface area contributed by atoms with Gasteiger partial charge in [0.1, 0.15) is 11.4 Å². The van der Waals surface area contributed by atoms with Crippen LogP contribution in [0.5, 0.6) is 5.88 Å². The fourth-order valence-corrected chi connectivity index (χ4v) is 2.98. The summed E-state index contributed by atoms with van der Waals surface area (Å²) < 4.78 is 6.86. The molecule has 0 amide bonds. The van der Waals surface area contributed by atoms with Crippen LogP contribution >= 0.6 is 27.3 Å². The lowest BCUT2D eigenvalue weighted by Gasteiger charge is -2.21. The highest BCUT2D eigenvalue weighted by Gasteiger charge is 2.15. The number of thiophene rings is 1. The first kappa shape index (κ1) is 15.1. The molecule has 0 aliphatic heterocycles. The number of rotatable bonds is 4. The van der Waals surface area contributed by atoms with Gasteiger partial charge in [0, 0.05) is 9.35 Å². The zero-order valence-corrected chi connectivity index (χ0v) is 14.1. The lowest BCUT2D eigenvalue weighted by Crippen LogP contribution is -2.24. The molecule has 2 aromatic rings. The summed E-state index contributed by atoms with van der Waals surface area (Å²) in [5, 5.41) is 5.32. The second-order valence-corrected chi connectivity index (χ2v) is 7.21. The molecule has 0 aromatic carbocycles. The highest BCUT2D eigenvalue weighted by molar-refractivity contribution is 9.10. The summed E-state index contributed by atoms with van der Waals surface area (Å²) >= 11 is 5.20. The van der Waals surface area contributed by atoms with Gasteiger partial charge in [-0.3, -0.25) is 0 Å². The molecule has 3 N–H and O–H groups in total. The Labute approximate surface area is 131 Å². The summed E-state index contributed by atoms with van der Waals surface area (Å²) in [5.41, 5.74) is 6.11. The molecule has 0 saturated heterocycles. The van der Waals surface area contributed by atoms with Crippen LogP contribution in [0.25, 0.3) is 0 Å². The highest BCUT2D eigenvalue weighted by Crippen LogP contribution is 2.26. The average Bonchev–Trinajstić information content (AvgIpc) is 2.74. The minimum absolute atomic E-state index is 0.323. The SMILES string of the molecule is CC(C)(C)Oc1nc(NCc2sccc2Br)ccc1N. The Bertz CT molecular complexity index is 592. The van der Waals surface area contributed by atoms with Gasteiger partial charge in [-0.1, -0.05) is 0 Å². The monoisotopic (exact) mass is 355 g/mol. The van der Waals surface area contributed by atoms with Crippen molar-refractivity contribution in [1.82, 2.24) is 4.98 Å². The zero-order valence-electron chi connectivity index (χ0n) is 11.7. The maximum absolute atomic E-state index is 5.89. The molecule has 4 nitrogen and oxygen atoms in total. The number of nitrogen functional groups attached to an aromatic ring is 1. The predicted octanol–water partition coefficient (Wildman–Crippen LogP) is 4.28. The number of hydrogen-bond acceptors (Lipinski definition) is 5. The van der Waals surface area contributed by atoms with E-state index >= 15 is 0 Å². The molecule has 0 aliphatic rings. The number of nitrogens with zero attached hydrogens (tertiary/aromatic N) is 1. The Hall–Kier alpha value is -1.27. The Balaban J connectivity index is 2.09. The molecular weight excluding hydrogens is 338 g/mol. The maximum Gasteiger partial charge on any atom is 0.239 e. The molecule has 0 unspecified atom stereocenters. The molecule has 2 heterocycles. The lowest BCUT2D eigenvalue weighted by molar-refractivity contribution is 0.125. The van der Waals surface area contributed by atoms with Crippen molar-refractivity contribution < 1.29 is 4.74 Å². The molecule has 0 bridgehead atoms. The van der Waals surface area contributed by atoms with E-state index in [-0.39, 0.29) is 5.60 Å². The maximum atomic E-state index is 5.89. The summed E-state index contributed by atoms with van der Waals surface area (Å²) in [6, 6.07) is 5.69. The highest BCUT2D eigenvalue weighted by atomic mass is 79.9. The molecule has 0 saturated carbocycles. The molecule has 20 heavy (non-hydrogen) atoms. The standard InChI is InChI=1S/C14H18BrN3OS/c1-14(2,3)19-13-10(16)4-5-12(18-13)17-8-11-9(15)6-7-20-11/h4-7H,8,16H2,1-3H3,(H,17,18). The first-order valence-corrected chi connectivity index (χ1v) is 7.94. The smallest absolute Gasteiger partial charge is 0.239 e. The Morgan fingerprint density at radius 3 is 2.70 bits per heavy atom. The molecule has 108 valence electrons. The van der Waals surface area contributed by atoms with Crippen LogP contribution in [0.1, 0.15) is 25.6 Å². The molecular formula is C14H18BrN3OS. The Morgan fingerprint density at radius 1 is 1.35 bits per heavy atom.